The second-order valence-corrected chi connectivity index (χ2v) is 2.65. The number of rotatable bonds is 0. The van der Waals surface area contributed by atoms with E-state index < -0.39 is 16.7 Å². The fraction of sp³-hybridized carbons (Fsp3) is 0. The summed E-state index contributed by atoms with van der Waals surface area (Å²) in [6.07, 6.45) is 0. The van der Waals surface area contributed by atoms with E-state index in [4.69, 9.17) is 14.3 Å². The van der Waals surface area contributed by atoms with Gasteiger partial charge in [-0.25, -0.2) is 0 Å². The Hall–Kier alpha value is 0.498. The molecule has 0 saturated heterocycles. The molecule has 0 aromatic carbocycles. The van der Waals surface area contributed by atoms with Crippen molar-refractivity contribution in [3.8, 4) is 0 Å². The standard InChI is InChI=1S/ClH.Mo.2H2O.2O/h1H;;2*1H2;;/q;+2;;;;/p-2. The van der Waals surface area contributed by atoms with Gasteiger partial charge in [0, 0.05) is 0 Å². The number of halogens is 1. The molecule has 0 atom stereocenters. The Kier molecular flexibility index (Phi) is 4.26. The van der Waals surface area contributed by atoms with Gasteiger partial charge in [0.2, 0.25) is 0 Å². The van der Waals surface area contributed by atoms with E-state index in [-0.39, 0.29) is 12.4 Å². The average Bonchev–Trinajstić information content (AvgIpc) is 0.722. The van der Waals surface area contributed by atoms with Crippen molar-refractivity contribution in [2.75, 3.05) is 0 Å². The summed E-state index contributed by atoms with van der Waals surface area (Å²) in [6.45, 7) is 0. The quantitative estimate of drug-likeness (QED) is 0.493. The Bertz CT molecular complexity index is 90.7. The third-order valence-corrected chi connectivity index (χ3v) is 0. The summed E-state index contributed by atoms with van der Waals surface area (Å²) in [5, 5.41) is 0. The molecule has 0 unspecified atom stereocenters. The van der Waals surface area contributed by atoms with E-state index in [1.54, 1.807) is 0 Å². The normalized spacial score (nSPS) is 9.67. The van der Waals surface area contributed by atoms with Crippen LogP contribution in [-0.4, -0.2) is 7.52 Å². The van der Waals surface area contributed by atoms with Crippen molar-refractivity contribution in [3.05, 3.63) is 0 Å². The summed E-state index contributed by atoms with van der Waals surface area (Å²) in [7, 11) is 0. The van der Waals surface area contributed by atoms with E-state index in [1.165, 1.54) is 0 Å². The van der Waals surface area contributed by atoms with Gasteiger partial charge in [-0.3, -0.25) is 0 Å². The van der Waals surface area contributed by atoms with Gasteiger partial charge in [-0.1, -0.05) is 0 Å². The van der Waals surface area contributed by atoms with Crippen LogP contribution in [0.15, 0.2) is 0 Å². The molecule has 0 heterocycles. The molecule has 0 aliphatic carbocycles. The first-order valence-corrected chi connectivity index (χ1v) is 4.13. The van der Waals surface area contributed by atoms with Gasteiger partial charge in [0.15, 0.2) is 0 Å². The van der Waals surface area contributed by atoms with Crippen LogP contribution in [0, 0.1) is 0 Å². The van der Waals surface area contributed by atoms with Gasteiger partial charge in [-0.15, -0.1) is 12.4 Å². The van der Waals surface area contributed by atoms with Gasteiger partial charge in [0.05, 0.1) is 0 Å². The first-order chi connectivity index (χ1) is 2.00. The molecule has 0 bridgehead atoms. The number of hydrogen-bond acceptors (Lipinski definition) is 2. The van der Waals surface area contributed by atoms with Crippen LogP contribution >= 0.6 is 12.4 Å². The Morgan fingerprint density at radius 3 is 1.17 bits per heavy atom. The van der Waals surface area contributed by atoms with Gasteiger partial charge in [0.1, 0.15) is 0 Å². The molecule has 0 amide bonds. The Balaban J connectivity index is 0. The topological polar surface area (TPSA) is 74.6 Å². The van der Waals surface area contributed by atoms with Crippen molar-refractivity contribution in [1.29, 1.82) is 0 Å². The molecule has 0 aliphatic rings. The third kappa shape index (κ3) is 222. The fourth-order valence-electron chi connectivity index (χ4n) is 0. The van der Waals surface area contributed by atoms with Crippen LogP contribution in [0.2, 0.25) is 0 Å². The van der Waals surface area contributed by atoms with Crippen LogP contribution < -0.4 is 0 Å². The maximum atomic E-state index is 8.85. The zero-order valence-electron chi connectivity index (χ0n) is 2.53. The molecule has 6 heteroatoms. The second-order valence-electron chi connectivity index (χ2n) is 0.448. The maximum absolute atomic E-state index is 8.85. The average molecular weight is 198 g/mol. The molecule has 0 fully saturated rings. The molecular formula is H3ClMoO4. The molecule has 0 saturated carbocycles. The molecule has 0 aromatic rings. The summed E-state index contributed by atoms with van der Waals surface area (Å²) >= 11 is -5.52. The van der Waals surface area contributed by atoms with E-state index in [0.29, 0.717) is 0 Å². The van der Waals surface area contributed by atoms with Crippen molar-refractivity contribution in [2.45, 2.75) is 0 Å². The molecule has 0 radical (unpaired) electrons. The molecule has 2 N–H and O–H groups in total. The summed E-state index contributed by atoms with van der Waals surface area (Å²) in [6, 6.07) is 0. The predicted molar refractivity (Wildman–Crippen MR) is 13.1 cm³/mol. The minimum atomic E-state index is -5.52. The van der Waals surface area contributed by atoms with Gasteiger partial charge >= 0.3 is 31.1 Å². The third-order valence-electron chi connectivity index (χ3n) is 0. The minimum absolute atomic E-state index is 0. The summed E-state index contributed by atoms with van der Waals surface area (Å²) in [5.41, 5.74) is 0. The SMILES string of the molecule is Cl.[O]=[Mo](=[O])([OH])[OH]. The zero-order valence-corrected chi connectivity index (χ0v) is 5.35. The first-order valence-electron chi connectivity index (χ1n) is 0.698. The van der Waals surface area contributed by atoms with E-state index in [1.807, 2.05) is 0 Å². The van der Waals surface area contributed by atoms with Crippen LogP contribution in [0.3, 0.4) is 0 Å². The van der Waals surface area contributed by atoms with Crippen LogP contribution in [0.1, 0.15) is 0 Å². The first kappa shape index (κ1) is 9.71. The van der Waals surface area contributed by atoms with E-state index in [2.05, 4.69) is 0 Å². The van der Waals surface area contributed by atoms with Crippen LogP contribution in [0.5, 0.6) is 0 Å². The molecule has 0 aliphatic heterocycles. The number of hydrogen-bond donors (Lipinski definition) is 2. The molecule has 0 rings (SSSR count). The molecule has 6 heavy (non-hydrogen) atoms. The van der Waals surface area contributed by atoms with Gasteiger partial charge in [-0.2, -0.15) is 0 Å². The fourth-order valence-corrected chi connectivity index (χ4v) is 0. The van der Waals surface area contributed by atoms with Crippen molar-refractivity contribution in [2.24, 2.45) is 0 Å². The molecule has 40 valence electrons. The predicted octanol–water partition coefficient (Wildman–Crippen LogP) is -0.932. The van der Waals surface area contributed by atoms with Gasteiger partial charge < -0.3 is 0 Å². The van der Waals surface area contributed by atoms with Crippen molar-refractivity contribution in [3.63, 3.8) is 0 Å². The Morgan fingerprint density at radius 1 is 1.17 bits per heavy atom. The van der Waals surface area contributed by atoms with Gasteiger partial charge in [-0.05, 0) is 0 Å². The second kappa shape index (κ2) is 2.63. The Morgan fingerprint density at radius 2 is 1.17 bits per heavy atom. The molecule has 0 aromatic heterocycles. The summed E-state index contributed by atoms with van der Waals surface area (Å²) < 4.78 is 32.0. The van der Waals surface area contributed by atoms with Crippen molar-refractivity contribution in [1.82, 2.24) is 0 Å². The summed E-state index contributed by atoms with van der Waals surface area (Å²) in [4.78, 5) is 0. The summed E-state index contributed by atoms with van der Waals surface area (Å²) in [5.74, 6) is 0. The molecular weight excluding hydrogens is 195 g/mol. The Labute approximate surface area is 43.9 Å². The van der Waals surface area contributed by atoms with Crippen molar-refractivity contribution < 1.29 is 31.1 Å². The van der Waals surface area contributed by atoms with Crippen molar-refractivity contribution >= 4 is 12.4 Å². The van der Waals surface area contributed by atoms with E-state index in [0.717, 1.165) is 0 Å². The van der Waals surface area contributed by atoms with Gasteiger partial charge in [0.25, 0.3) is 0 Å². The zero-order chi connectivity index (χ0) is 4.50. The molecule has 4 nitrogen and oxygen atoms in total. The van der Waals surface area contributed by atoms with Crippen LogP contribution in [0.25, 0.3) is 0 Å². The monoisotopic (exact) mass is 200 g/mol. The van der Waals surface area contributed by atoms with Crippen LogP contribution in [0.4, 0.5) is 0 Å². The van der Waals surface area contributed by atoms with E-state index >= 15 is 0 Å². The van der Waals surface area contributed by atoms with Crippen LogP contribution in [-0.2, 0) is 23.5 Å². The van der Waals surface area contributed by atoms with E-state index in [9.17, 15) is 0 Å². The molecule has 0 spiro atoms.